The number of ether oxygens (including phenoxy) is 1. The first-order chi connectivity index (χ1) is 8.58. The van der Waals surface area contributed by atoms with E-state index in [1.165, 1.54) is 0 Å². The predicted octanol–water partition coefficient (Wildman–Crippen LogP) is 3.91. The molecule has 1 N–H and O–H groups in total. The second-order valence-corrected chi connectivity index (χ2v) is 5.13. The average molecular weight is 311 g/mol. The number of aliphatic hydroxyl groups excluding tert-OH is 1. The summed E-state index contributed by atoms with van der Waals surface area (Å²) in [6, 6.07) is 9.11. The predicted molar refractivity (Wildman–Crippen MR) is 72.7 cm³/mol. The lowest BCUT2D eigenvalue weighted by atomic mass is 10.1. The first-order valence-electron chi connectivity index (χ1n) is 5.75. The molecular formula is C14H15BrO3. The summed E-state index contributed by atoms with van der Waals surface area (Å²) in [4.78, 5) is 0. The molecule has 0 amide bonds. The summed E-state index contributed by atoms with van der Waals surface area (Å²) in [5.74, 6) is 1.30. The highest BCUT2D eigenvalue weighted by molar-refractivity contribution is 9.10. The largest absolute Gasteiger partial charge is 0.491 e. The fraction of sp³-hybridized carbons (Fsp3) is 0.286. The summed E-state index contributed by atoms with van der Waals surface area (Å²) >= 11 is 3.33. The van der Waals surface area contributed by atoms with Gasteiger partial charge in [0.25, 0.3) is 0 Å². The first-order valence-corrected chi connectivity index (χ1v) is 6.55. The van der Waals surface area contributed by atoms with E-state index in [1.807, 2.05) is 38.1 Å². The molecule has 4 heteroatoms. The monoisotopic (exact) mass is 310 g/mol. The normalized spacial score (nSPS) is 12.7. The Labute approximate surface area is 115 Å². The summed E-state index contributed by atoms with van der Waals surface area (Å²) in [6.07, 6.45) is 0.904. The third kappa shape index (κ3) is 2.94. The van der Waals surface area contributed by atoms with Crippen molar-refractivity contribution < 1.29 is 14.3 Å². The Morgan fingerprint density at radius 2 is 1.83 bits per heavy atom. The number of hydrogen-bond acceptors (Lipinski definition) is 3. The molecule has 0 aliphatic heterocycles. The number of hydrogen-bond donors (Lipinski definition) is 1. The van der Waals surface area contributed by atoms with E-state index in [0.29, 0.717) is 5.76 Å². The van der Waals surface area contributed by atoms with Gasteiger partial charge in [0.1, 0.15) is 11.9 Å². The number of benzene rings is 1. The number of aliphatic hydroxyl groups is 1. The van der Waals surface area contributed by atoms with Crippen LogP contribution in [-0.2, 0) is 0 Å². The van der Waals surface area contributed by atoms with E-state index in [0.717, 1.165) is 15.8 Å². The van der Waals surface area contributed by atoms with E-state index >= 15 is 0 Å². The van der Waals surface area contributed by atoms with Gasteiger partial charge in [0.2, 0.25) is 0 Å². The number of furan rings is 1. The first kappa shape index (κ1) is 13.2. The summed E-state index contributed by atoms with van der Waals surface area (Å²) in [7, 11) is 0. The molecule has 0 radical (unpaired) electrons. The molecule has 2 rings (SSSR count). The molecule has 18 heavy (non-hydrogen) atoms. The summed E-state index contributed by atoms with van der Waals surface area (Å²) in [5, 5.41) is 10.2. The van der Waals surface area contributed by atoms with Crippen LogP contribution in [0.25, 0.3) is 0 Å². The lowest BCUT2D eigenvalue weighted by Gasteiger charge is -2.12. The SMILES string of the molecule is CC(C)Oc1ccc(C(O)c2occc2Br)cc1. The topological polar surface area (TPSA) is 42.6 Å². The van der Waals surface area contributed by atoms with Gasteiger partial charge in [-0.3, -0.25) is 0 Å². The van der Waals surface area contributed by atoms with Crippen molar-refractivity contribution in [1.82, 2.24) is 0 Å². The van der Waals surface area contributed by atoms with Gasteiger partial charge in [-0.05, 0) is 53.5 Å². The van der Waals surface area contributed by atoms with Crippen LogP contribution in [0.5, 0.6) is 5.75 Å². The summed E-state index contributed by atoms with van der Waals surface area (Å²) < 4.78 is 11.6. The third-order valence-electron chi connectivity index (χ3n) is 2.46. The van der Waals surface area contributed by atoms with Crippen molar-refractivity contribution in [3.63, 3.8) is 0 Å². The molecule has 1 unspecified atom stereocenters. The highest BCUT2D eigenvalue weighted by Gasteiger charge is 2.17. The summed E-state index contributed by atoms with van der Waals surface area (Å²) in [6.45, 7) is 3.95. The molecule has 3 nitrogen and oxygen atoms in total. The minimum atomic E-state index is -0.775. The highest BCUT2D eigenvalue weighted by atomic mass is 79.9. The Kier molecular flexibility index (Phi) is 4.09. The Morgan fingerprint density at radius 1 is 1.17 bits per heavy atom. The van der Waals surface area contributed by atoms with Crippen LogP contribution in [0.2, 0.25) is 0 Å². The maximum atomic E-state index is 10.2. The van der Waals surface area contributed by atoms with Gasteiger partial charge in [-0.2, -0.15) is 0 Å². The molecule has 96 valence electrons. The van der Waals surface area contributed by atoms with Crippen LogP contribution in [0.1, 0.15) is 31.3 Å². The van der Waals surface area contributed by atoms with E-state index in [2.05, 4.69) is 15.9 Å². The third-order valence-corrected chi connectivity index (χ3v) is 3.12. The van der Waals surface area contributed by atoms with Crippen molar-refractivity contribution in [2.45, 2.75) is 26.1 Å². The molecule has 0 aliphatic carbocycles. The average Bonchev–Trinajstić information content (AvgIpc) is 2.75. The minimum Gasteiger partial charge on any atom is -0.491 e. The quantitative estimate of drug-likeness (QED) is 0.931. The van der Waals surface area contributed by atoms with Gasteiger partial charge in [-0.25, -0.2) is 0 Å². The molecule has 1 aromatic carbocycles. The molecule has 0 saturated carbocycles. The Bertz CT molecular complexity index is 502. The fourth-order valence-corrected chi connectivity index (χ4v) is 2.07. The van der Waals surface area contributed by atoms with Crippen molar-refractivity contribution in [2.24, 2.45) is 0 Å². The minimum absolute atomic E-state index is 0.139. The van der Waals surface area contributed by atoms with E-state index in [-0.39, 0.29) is 6.10 Å². The van der Waals surface area contributed by atoms with Crippen LogP contribution < -0.4 is 4.74 Å². The van der Waals surface area contributed by atoms with Gasteiger partial charge < -0.3 is 14.3 Å². The van der Waals surface area contributed by atoms with E-state index < -0.39 is 6.10 Å². The van der Waals surface area contributed by atoms with Crippen molar-refractivity contribution in [1.29, 1.82) is 0 Å². The Balaban J connectivity index is 2.17. The van der Waals surface area contributed by atoms with E-state index in [1.54, 1.807) is 12.3 Å². The zero-order valence-electron chi connectivity index (χ0n) is 10.3. The lowest BCUT2D eigenvalue weighted by molar-refractivity contribution is 0.188. The zero-order chi connectivity index (χ0) is 13.1. The molecule has 1 atom stereocenters. The van der Waals surface area contributed by atoms with Gasteiger partial charge in [0, 0.05) is 0 Å². The lowest BCUT2D eigenvalue weighted by Crippen LogP contribution is -2.05. The van der Waals surface area contributed by atoms with Gasteiger partial charge in [0.05, 0.1) is 16.8 Å². The molecule has 2 aromatic rings. The second-order valence-electron chi connectivity index (χ2n) is 4.27. The summed E-state index contributed by atoms with van der Waals surface area (Å²) in [5.41, 5.74) is 0.766. The van der Waals surface area contributed by atoms with Crippen molar-refractivity contribution in [2.75, 3.05) is 0 Å². The van der Waals surface area contributed by atoms with Crippen molar-refractivity contribution in [3.8, 4) is 5.75 Å². The molecule has 0 saturated heterocycles. The Morgan fingerprint density at radius 3 is 2.33 bits per heavy atom. The van der Waals surface area contributed by atoms with Crippen molar-refractivity contribution in [3.05, 3.63) is 52.4 Å². The molecule has 1 aromatic heterocycles. The zero-order valence-corrected chi connectivity index (χ0v) is 11.8. The standard InChI is InChI=1S/C14H15BrO3/c1-9(2)18-11-5-3-10(4-6-11)13(16)14-12(15)7-8-17-14/h3-9,13,16H,1-2H3. The molecule has 0 spiro atoms. The van der Waals surface area contributed by atoms with Crippen LogP contribution in [0.3, 0.4) is 0 Å². The van der Waals surface area contributed by atoms with Crippen LogP contribution in [0, 0.1) is 0 Å². The van der Waals surface area contributed by atoms with Gasteiger partial charge in [-0.15, -0.1) is 0 Å². The molecule has 0 fully saturated rings. The second kappa shape index (κ2) is 5.59. The van der Waals surface area contributed by atoms with Crippen LogP contribution >= 0.6 is 15.9 Å². The van der Waals surface area contributed by atoms with Gasteiger partial charge in [-0.1, -0.05) is 12.1 Å². The number of halogens is 1. The fourth-order valence-electron chi connectivity index (χ4n) is 1.65. The maximum Gasteiger partial charge on any atom is 0.150 e. The van der Waals surface area contributed by atoms with E-state index in [4.69, 9.17) is 9.15 Å². The number of rotatable bonds is 4. The van der Waals surface area contributed by atoms with Crippen LogP contribution in [-0.4, -0.2) is 11.2 Å². The van der Waals surface area contributed by atoms with Gasteiger partial charge >= 0.3 is 0 Å². The molecule has 1 heterocycles. The van der Waals surface area contributed by atoms with Gasteiger partial charge in [0.15, 0.2) is 5.76 Å². The Hall–Kier alpha value is -1.26. The van der Waals surface area contributed by atoms with Crippen LogP contribution in [0.4, 0.5) is 0 Å². The van der Waals surface area contributed by atoms with Crippen LogP contribution in [0.15, 0.2) is 45.5 Å². The van der Waals surface area contributed by atoms with Crippen molar-refractivity contribution >= 4 is 15.9 Å². The highest BCUT2D eigenvalue weighted by Crippen LogP contribution is 2.30. The molecular weight excluding hydrogens is 296 g/mol. The molecule has 0 aliphatic rings. The maximum absolute atomic E-state index is 10.2. The molecule has 0 bridgehead atoms. The smallest absolute Gasteiger partial charge is 0.150 e. The van der Waals surface area contributed by atoms with E-state index in [9.17, 15) is 5.11 Å².